The van der Waals surface area contributed by atoms with Crippen LogP contribution in [0.25, 0.3) is 27.8 Å². The Hall–Kier alpha value is -3.78. The number of aromatic amines is 1. The van der Waals surface area contributed by atoms with Crippen LogP contribution in [-0.4, -0.2) is 46.4 Å². The van der Waals surface area contributed by atoms with Crippen molar-refractivity contribution in [2.24, 2.45) is 0 Å². The van der Waals surface area contributed by atoms with Gasteiger partial charge in [-0.25, -0.2) is 4.98 Å². The number of hydrogen-bond acceptors (Lipinski definition) is 4. The zero-order valence-corrected chi connectivity index (χ0v) is 18.1. The number of nitrogens with zero attached hydrogens (tertiary/aromatic N) is 3. The maximum Gasteiger partial charge on any atom is 0.251 e. The molecule has 0 aliphatic heterocycles. The molecule has 32 heavy (non-hydrogen) atoms. The minimum absolute atomic E-state index is 0.110. The summed E-state index contributed by atoms with van der Waals surface area (Å²) in [5.74, 6) is 0.669. The second-order valence-electron chi connectivity index (χ2n) is 7.53. The molecule has 3 aromatic heterocycles. The van der Waals surface area contributed by atoms with Crippen molar-refractivity contribution in [1.82, 2.24) is 24.9 Å². The van der Waals surface area contributed by atoms with Gasteiger partial charge < -0.3 is 15.6 Å². The zero-order chi connectivity index (χ0) is 22.1. The minimum Gasteiger partial charge on any atom is -0.368 e. The van der Waals surface area contributed by atoms with E-state index in [0.717, 1.165) is 39.1 Å². The number of anilines is 1. The molecular weight excluding hydrogens is 423 g/mol. The first kappa shape index (κ1) is 20.1. The Labute approximate surface area is 190 Å². The van der Waals surface area contributed by atoms with E-state index in [2.05, 4.69) is 20.7 Å². The van der Waals surface area contributed by atoms with Crippen molar-refractivity contribution in [3.05, 3.63) is 77.6 Å². The van der Waals surface area contributed by atoms with Crippen LogP contribution in [0.1, 0.15) is 10.4 Å². The lowest BCUT2D eigenvalue weighted by Crippen LogP contribution is -2.29. The van der Waals surface area contributed by atoms with Crippen molar-refractivity contribution >= 4 is 53.2 Å². The molecule has 0 radical (unpaired) electrons. The quantitative estimate of drug-likeness (QED) is 0.279. The average molecular weight is 443 g/mol. The fraction of sp³-hybridized carbons (Fsp3) is 0.0870. The third-order valence-electron chi connectivity index (χ3n) is 5.33. The van der Waals surface area contributed by atoms with E-state index in [-0.39, 0.29) is 5.91 Å². The third kappa shape index (κ3) is 3.80. The van der Waals surface area contributed by atoms with Crippen molar-refractivity contribution in [1.29, 1.82) is 0 Å². The SMILES string of the molecule is Bc1cnn2c(NCCNC(=O)c3ccc4[nH]ccc4c3)cc(-c3ccccc3Cl)nc12. The molecule has 3 N–H and O–H groups in total. The monoisotopic (exact) mass is 442 g/mol. The highest BCUT2D eigenvalue weighted by molar-refractivity contribution is 6.36. The summed E-state index contributed by atoms with van der Waals surface area (Å²) < 4.78 is 1.76. The summed E-state index contributed by atoms with van der Waals surface area (Å²) in [5.41, 5.74) is 4.98. The number of fused-ring (bicyclic) bond motifs is 2. The summed E-state index contributed by atoms with van der Waals surface area (Å²) in [6, 6.07) is 17.1. The Morgan fingerprint density at radius 2 is 2.00 bits per heavy atom. The van der Waals surface area contributed by atoms with Gasteiger partial charge in [0.25, 0.3) is 5.91 Å². The molecule has 158 valence electrons. The van der Waals surface area contributed by atoms with Gasteiger partial charge in [-0.3, -0.25) is 4.79 Å². The highest BCUT2D eigenvalue weighted by atomic mass is 35.5. The molecule has 0 aliphatic rings. The van der Waals surface area contributed by atoms with E-state index in [1.54, 1.807) is 10.7 Å². The Morgan fingerprint density at radius 3 is 2.88 bits per heavy atom. The summed E-state index contributed by atoms with van der Waals surface area (Å²) >= 11 is 6.39. The first-order valence-electron chi connectivity index (χ1n) is 10.3. The number of nitrogens with one attached hydrogen (secondary N) is 3. The minimum atomic E-state index is -0.110. The van der Waals surface area contributed by atoms with E-state index in [1.165, 1.54) is 0 Å². The van der Waals surface area contributed by atoms with Gasteiger partial charge in [0.1, 0.15) is 13.7 Å². The van der Waals surface area contributed by atoms with Crippen LogP contribution >= 0.6 is 11.6 Å². The van der Waals surface area contributed by atoms with E-state index in [9.17, 15) is 4.79 Å². The Balaban J connectivity index is 1.31. The van der Waals surface area contributed by atoms with Gasteiger partial charge in [0, 0.05) is 58.6 Å². The lowest BCUT2D eigenvalue weighted by Gasteiger charge is -2.12. The summed E-state index contributed by atoms with van der Waals surface area (Å²) in [6.07, 6.45) is 3.64. The molecule has 0 aliphatic carbocycles. The molecule has 0 saturated carbocycles. The van der Waals surface area contributed by atoms with Crippen molar-refractivity contribution in [3.63, 3.8) is 0 Å². The van der Waals surface area contributed by atoms with E-state index in [1.807, 2.05) is 68.6 Å². The summed E-state index contributed by atoms with van der Waals surface area (Å²) in [5, 5.41) is 12.4. The first-order valence-corrected chi connectivity index (χ1v) is 10.7. The van der Waals surface area contributed by atoms with Gasteiger partial charge in [0.2, 0.25) is 0 Å². The number of carbonyl (C=O) groups is 1. The van der Waals surface area contributed by atoms with Crippen molar-refractivity contribution in [2.75, 3.05) is 18.4 Å². The number of benzene rings is 2. The molecule has 0 fully saturated rings. The smallest absolute Gasteiger partial charge is 0.251 e. The lowest BCUT2D eigenvalue weighted by atomic mass is 10.0. The Bertz CT molecular complexity index is 1440. The van der Waals surface area contributed by atoms with Gasteiger partial charge in [0.05, 0.1) is 5.69 Å². The number of hydrogen-bond donors (Lipinski definition) is 3. The van der Waals surface area contributed by atoms with Gasteiger partial charge in [-0.1, -0.05) is 29.8 Å². The summed E-state index contributed by atoms with van der Waals surface area (Å²) in [7, 11) is 1.97. The molecule has 0 atom stereocenters. The van der Waals surface area contributed by atoms with E-state index < -0.39 is 0 Å². The van der Waals surface area contributed by atoms with Crippen LogP contribution in [-0.2, 0) is 0 Å². The molecule has 9 heteroatoms. The van der Waals surface area contributed by atoms with E-state index in [0.29, 0.717) is 23.7 Å². The van der Waals surface area contributed by atoms with Gasteiger partial charge in [-0.05, 0) is 35.8 Å². The van der Waals surface area contributed by atoms with Crippen LogP contribution in [0.4, 0.5) is 5.82 Å². The van der Waals surface area contributed by atoms with Crippen LogP contribution < -0.4 is 16.1 Å². The number of halogens is 1. The van der Waals surface area contributed by atoms with Gasteiger partial charge in [-0.15, -0.1) is 0 Å². The van der Waals surface area contributed by atoms with Crippen LogP contribution in [0.15, 0.2) is 67.0 Å². The second-order valence-corrected chi connectivity index (χ2v) is 7.94. The highest BCUT2D eigenvalue weighted by Gasteiger charge is 2.12. The fourth-order valence-electron chi connectivity index (χ4n) is 3.67. The molecule has 5 rings (SSSR count). The van der Waals surface area contributed by atoms with Gasteiger partial charge >= 0.3 is 0 Å². The number of carbonyl (C=O) groups excluding carboxylic acids is 1. The number of rotatable bonds is 6. The number of H-pyrrole nitrogens is 1. The number of aromatic nitrogens is 4. The maximum absolute atomic E-state index is 12.5. The Kier molecular flexibility index (Phi) is 5.29. The third-order valence-corrected chi connectivity index (χ3v) is 5.66. The maximum atomic E-state index is 12.5. The standard InChI is InChI=1S/C23H20BClN6O/c24-17-13-29-31-21(12-20(30-22(17)31)16-3-1-2-4-18(16)25)27-9-10-28-23(32)15-5-6-19-14(11-15)7-8-26-19/h1-8,11-13,26-27H,9-10,24H2,(H,28,32). The highest BCUT2D eigenvalue weighted by Crippen LogP contribution is 2.28. The van der Waals surface area contributed by atoms with Gasteiger partial charge in [0.15, 0.2) is 5.65 Å². The molecule has 0 spiro atoms. The van der Waals surface area contributed by atoms with Crippen molar-refractivity contribution in [2.45, 2.75) is 0 Å². The van der Waals surface area contributed by atoms with Gasteiger partial charge in [-0.2, -0.15) is 9.61 Å². The average Bonchev–Trinajstić information content (AvgIpc) is 3.43. The first-order chi connectivity index (χ1) is 15.6. The lowest BCUT2D eigenvalue weighted by molar-refractivity contribution is 0.0955. The molecular formula is C23H20BClN6O. The fourth-order valence-corrected chi connectivity index (χ4v) is 3.90. The predicted molar refractivity (Wildman–Crippen MR) is 131 cm³/mol. The van der Waals surface area contributed by atoms with Crippen LogP contribution in [0.5, 0.6) is 0 Å². The van der Waals surface area contributed by atoms with Crippen LogP contribution in [0, 0.1) is 0 Å². The number of amides is 1. The Morgan fingerprint density at radius 1 is 1.12 bits per heavy atom. The van der Waals surface area contributed by atoms with E-state index in [4.69, 9.17) is 16.6 Å². The zero-order valence-electron chi connectivity index (χ0n) is 17.4. The largest absolute Gasteiger partial charge is 0.368 e. The molecule has 7 nitrogen and oxygen atoms in total. The summed E-state index contributed by atoms with van der Waals surface area (Å²) in [6.45, 7) is 0.980. The molecule has 3 heterocycles. The molecule has 1 amide bonds. The molecule has 0 bridgehead atoms. The van der Waals surface area contributed by atoms with Crippen molar-refractivity contribution < 1.29 is 4.79 Å². The molecule has 5 aromatic rings. The molecule has 0 unspecified atom stereocenters. The van der Waals surface area contributed by atoms with Crippen LogP contribution in [0.3, 0.4) is 0 Å². The second kappa shape index (κ2) is 8.40. The topological polar surface area (TPSA) is 87.1 Å². The molecule has 2 aromatic carbocycles. The van der Waals surface area contributed by atoms with Crippen LogP contribution in [0.2, 0.25) is 5.02 Å². The summed E-state index contributed by atoms with van der Waals surface area (Å²) in [4.78, 5) is 20.4. The normalized spacial score (nSPS) is 11.2. The predicted octanol–water partition coefficient (Wildman–Crippen LogP) is 2.63. The van der Waals surface area contributed by atoms with E-state index >= 15 is 0 Å². The molecule has 0 saturated heterocycles. The van der Waals surface area contributed by atoms with Crippen molar-refractivity contribution in [3.8, 4) is 11.3 Å².